The van der Waals surface area contributed by atoms with E-state index in [-0.39, 0.29) is 0 Å². The minimum absolute atomic E-state index is 0.738. The molecule has 1 aromatic carbocycles. The molecule has 0 radical (unpaired) electrons. The second-order valence-electron chi connectivity index (χ2n) is 4.88. The van der Waals surface area contributed by atoms with Gasteiger partial charge in [0, 0.05) is 30.7 Å². The number of rotatable bonds is 1. The van der Waals surface area contributed by atoms with Crippen molar-refractivity contribution in [2.24, 2.45) is 7.05 Å². The molecule has 0 saturated carbocycles. The Hall–Kier alpha value is -1.32. The summed E-state index contributed by atoms with van der Waals surface area (Å²) in [5, 5.41) is 0.738. The molecule has 1 aromatic heterocycles. The van der Waals surface area contributed by atoms with Gasteiger partial charge in [0.2, 0.25) is 0 Å². The fourth-order valence-electron chi connectivity index (χ4n) is 2.52. The van der Waals surface area contributed by atoms with Crippen LogP contribution >= 0.6 is 11.6 Å². The largest absolute Gasteiger partial charge is 0.327 e. The summed E-state index contributed by atoms with van der Waals surface area (Å²) in [5.41, 5.74) is 3.40. The first-order valence-corrected chi connectivity index (χ1v) is 6.53. The van der Waals surface area contributed by atoms with Gasteiger partial charge in [0.1, 0.15) is 5.82 Å². The van der Waals surface area contributed by atoms with Crippen LogP contribution in [0.3, 0.4) is 0 Å². The van der Waals surface area contributed by atoms with Crippen LogP contribution in [-0.2, 0) is 7.05 Å². The SMILES string of the molecule is CN1CCC=C(c2nc3cc(Cl)ccc3n2C)C1. The molecule has 0 bridgehead atoms. The molecule has 0 atom stereocenters. The van der Waals surface area contributed by atoms with Gasteiger partial charge >= 0.3 is 0 Å². The molecule has 2 heterocycles. The third-order valence-corrected chi connectivity index (χ3v) is 3.71. The van der Waals surface area contributed by atoms with Crippen molar-refractivity contribution in [3.63, 3.8) is 0 Å². The average molecular weight is 262 g/mol. The summed E-state index contributed by atoms with van der Waals surface area (Å²) in [6, 6.07) is 5.87. The van der Waals surface area contributed by atoms with Gasteiger partial charge in [-0.2, -0.15) is 0 Å². The molecule has 0 amide bonds. The first-order chi connectivity index (χ1) is 8.65. The van der Waals surface area contributed by atoms with Crippen molar-refractivity contribution in [2.75, 3.05) is 20.1 Å². The van der Waals surface area contributed by atoms with Crippen LogP contribution in [0.25, 0.3) is 16.6 Å². The van der Waals surface area contributed by atoms with E-state index in [1.54, 1.807) is 0 Å². The highest BCUT2D eigenvalue weighted by Crippen LogP contribution is 2.25. The van der Waals surface area contributed by atoms with E-state index in [9.17, 15) is 0 Å². The van der Waals surface area contributed by atoms with Gasteiger partial charge in [-0.1, -0.05) is 17.7 Å². The number of fused-ring (bicyclic) bond motifs is 1. The zero-order chi connectivity index (χ0) is 12.7. The number of benzene rings is 1. The van der Waals surface area contributed by atoms with Crippen molar-refractivity contribution in [2.45, 2.75) is 6.42 Å². The topological polar surface area (TPSA) is 21.1 Å². The molecule has 3 nitrogen and oxygen atoms in total. The number of imidazole rings is 1. The molecular weight excluding hydrogens is 246 g/mol. The summed E-state index contributed by atoms with van der Waals surface area (Å²) in [4.78, 5) is 7.04. The molecule has 0 unspecified atom stereocenters. The van der Waals surface area contributed by atoms with Crippen molar-refractivity contribution >= 4 is 28.2 Å². The van der Waals surface area contributed by atoms with Gasteiger partial charge in [0.15, 0.2) is 0 Å². The first kappa shape index (κ1) is 11.8. The molecule has 94 valence electrons. The Morgan fingerprint density at radius 1 is 1.28 bits per heavy atom. The molecule has 0 fully saturated rings. The van der Waals surface area contributed by atoms with Crippen molar-refractivity contribution in [3.05, 3.63) is 35.1 Å². The maximum atomic E-state index is 6.02. The molecule has 18 heavy (non-hydrogen) atoms. The molecule has 0 aliphatic carbocycles. The van der Waals surface area contributed by atoms with Gasteiger partial charge in [-0.25, -0.2) is 4.98 Å². The summed E-state index contributed by atoms with van der Waals surface area (Å²) in [7, 11) is 4.21. The van der Waals surface area contributed by atoms with Crippen molar-refractivity contribution in [1.29, 1.82) is 0 Å². The van der Waals surface area contributed by atoms with E-state index in [4.69, 9.17) is 16.6 Å². The third-order valence-electron chi connectivity index (χ3n) is 3.47. The Balaban J connectivity index is 2.12. The molecule has 3 rings (SSSR count). The van der Waals surface area contributed by atoms with Gasteiger partial charge in [-0.3, -0.25) is 0 Å². The predicted molar refractivity (Wildman–Crippen MR) is 75.8 cm³/mol. The van der Waals surface area contributed by atoms with Crippen LogP contribution in [0.4, 0.5) is 0 Å². The first-order valence-electron chi connectivity index (χ1n) is 6.15. The van der Waals surface area contributed by atoms with E-state index in [1.807, 2.05) is 18.2 Å². The molecule has 1 aliphatic rings. The molecule has 0 saturated heterocycles. The second kappa shape index (κ2) is 4.41. The van der Waals surface area contributed by atoms with Crippen molar-refractivity contribution in [1.82, 2.24) is 14.5 Å². The Kier molecular flexibility index (Phi) is 2.88. The summed E-state index contributed by atoms with van der Waals surface area (Å²) < 4.78 is 2.15. The van der Waals surface area contributed by atoms with E-state index >= 15 is 0 Å². The van der Waals surface area contributed by atoms with E-state index in [1.165, 1.54) is 5.57 Å². The number of halogens is 1. The fourth-order valence-corrected chi connectivity index (χ4v) is 2.68. The van der Waals surface area contributed by atoms with Crippen molar-refractivity contribution < 1.29 is 0 Å². The van der Waals surface area contributed by atoms with Crippen LogP contribution in [-0.4, -0.2) is 34.6 Å². The molecule has 4 heteroatoms. The highest BCUT2D eigenvalue weighted by atomic mass is 35.5. The summed E-state index contributed by atoms with van der Waals surface area (Å²) in [6.07, 6.45) is 3.39. The quantitative estimate of drug-likeness (QED) is 0.787. The van der Waals surface area contributed by atoms with Gasteiger partial charge in [-0.15, -0.1) is 0 Å². The van der Waals surface area contributed by atoms with E-state index < -0.39 is 0 Å². The maximum absolute atomic E-state index is 6.02. The lowest BCUT2D eigenvalue weighted by atomic mass is 10.1. The van der Waals surface area contributed by atoms with E-state index in [2.05, 4.69) is 29.6 Å². The van der Waals surface area contributed by atoms with Gasteiger partial charge in [0.25, 0.3) is 0 Å². The zero-order valence-corrected chi connectivity index (χ0v) is 11.4. The molecule has 0 spiro atoms. The highest BCUT2D eigenvalue weighted by molar-refractivity contribution is 6.31. The predicted octanol–water partition coefficient (Wildman–Crippen LogP) is 2.95. The third kappa shape index (κ3) is 1.93. The lowest BCUT2D eigenvalue weighted by Crippen LogP contribution is -2.25. The Morgan fingerprint density at radius 3 is 2.89 bits per heavy atom. The maximum Gasteiger partial charge on any atom is 0.137 e. The monoisotopic (exact) mass is 261 g/mol. The number of hydrogen-bond acceptors (Lipinski definition) is 2. The van der Waals surface area contributed by atoms with Crippen molar-refractivity contribution in [3.8, 4) is 0 Å². The zero-order valence-electron chi connectivity index (χ0n) is 10.7. The summed E-state index contributed by atoms with van der Waals surface area (Å²) in [5.74, 6) is 1.05. The normalized spacial score (nSPS) is 17.2. The number of aryl methyl sites for hydroxylation is 1. The van der Waals surface area contributed by atoms with Gasteiger partial charge in [-0.05, 0) is 31.7 Å². The summed E-state index contributed by atoms with van der Waals surface area (Å²) >= 11 is 6.02. The minimum Gasteiger partial charge on any atom is -0.327 e. The van der Waals surface area contributed by atoms with Crippen LogP contribution in [0.1, 0.15) is 12.2 Å². The number of likely N-dealkylation sites (N-methyl/N-ethyl adjacent to an activating group) is 1. The number of aromatic nitrogens is 2. The minimum atomic E-state index is 0.738. The molecule has 2 aromatic rings. The second-order valence-corrected chi connectivity index (χ2v) is 5.32. The number of hydrogen-bond donors (Lipinski definition) is 0. The smallest absolute Gasteiger partial charge is 0.137 e. The highest BCUT2D eigenvalue weighted by Gasteiger charge is 2.16. The fraction of sp³-hybridized carbons (Fsp3) is 0.357. The Morgan fingerprint density at radius 2 is 2.11 bits per heavy atom. The lowest BCUT2D eigenvalue weighted by Gasteiger charge is -2.22. The van der Waals surface area contributed by atoms with E-state index in [0.29, 0.717) is 0 Å². The van der Waals surface area contributed by atoms with Crippen LogP contribution in [0, 0.1) is 0 Å². The molecular formula is C14H16ClN3. The van der Waals surface area contributed by atoms with Gasteiger partial charge in [0.05, 0.1) is 11.0 Å². The van der Waals surface area contributed by atoms with Crippen LogP contribution in [0.2, 0.25) is 5.02 Å². The average Bonchev–Trinajstić information content (AvgIpc) is 2.66. The Bertz CT molecular complexity index is 627. The van der Waals surface area contributed by atoms with Crippen LogP contribution in [0.15, 0.2) is 24.3 Å². The number of nitrogens with zero attached hydrogens (tertiary/aromatic N) is 3. The molecule has 1 aliphatic heterocycles. The molecule has 0 N–H and O–H groups in total. The van der Waals surface area contributed by atoms with Crippen LogP contribution in [0.5, 0.6) is 0 Å². The van der Waals surface area contributed by atoms with Crippen LogP contribution < -0.4 is 0 Å². The summed E-state index contributed by atoms with van der Waals surface area (Å²) in [6.45, 7) is 2.09. The standard InChI is InChI=1S/C14H16ClN3/c1-17-7-3-4-10(9-17)14-16-12-8-11(15)5-6-13(12)18(14)2/h4-6,8H,3,7,9H2,1-2H3. The van der Waals surface area contributed by atoms with Gasteiger partial charge < -0.3 is 9.47 Å². The van der Waals surface area contributed by atoms with E-state index in [0.717, 1.165) is 41.4 Å². The lowest BCUT2D eigenvalue weighted by molar-refractivity contribution is 0.371. The Labute approximate surface area is 112 Å².